The Morgan fingerprint density at radius 1 is 1.50 bits per heavy atom. The van der Waals surface area contributed by atoms with E-state index in [2.05, 4.69) is 22.6 Å². The summed E-state index contributed by atoms with van der Waals surface area (Å²) in [4.78, 5) is 0. The molecule has 0 amide bonds. The van der Waals surface area contributed by atoms with Crippen molar-refractivity contribution in [2.24, 2.45) is 5.84 Å². The minimum absolute atomic E-state index is 0.317. The van der Waals surface area contributed by atoms with E-state index in [-0.39, 0.29) is 0 Å². The van der Waals surface area contributed by atoms with Gasteiger partial charge in [-0.3, -0.25) is 0 Å². The van der Waals surface area contributed by atoms with Gasteiger partial charge >= 0.3 is 0 Å². The van der Waals surface area contributed by atoms with E-state index in [0.717, 1.165) is 0 Å². The van der Waals surface area contributed by atoms with E-state index in [0.29, 0.717) is 4.05 Å². The van der Waals surface area contributed by atoms with Crippen LogP contribution in [0, 0.1) is 0 Å². The van der Waals surface area contributed by atoms with E-state index in [1.54, 1.807) is 5.01 Å². The summed E-state index contributed by atoms with van der Waals surface area (Å²) in [6.45, 7) is 0. The monoisotopic (exact) mass is 222 g/mol. The lowest BCUT2D eigenvalue weighted by atomic mass is 10.4. The van der Waals surface area contributed by atoms with Crippen molar-refractivity contribution in [3.8, 4) is 0 Å². The van der Waals surface area contributed by atoms with Gasteiger partial charge in [-0.1, -0.05) is 34.7 Å². The minimum atomic E-state index is 0.317. The summed E-state index contributed by atoms with van der Waals surface area (Å²) >= 11 is 2.25. The fraction of sp³-hybridized carbons (Fsp3) is 0.200. The molecule has 8 heavy (non-hydrogen) atoms. The van der Waals surface area contributed by atoms with Crippen molar-refractivity contribution in [2.45, 2.75) is 4.05 Å². The van der Waals surface area contributed by atoms with Gasteiger partial charge in [-0.2, -0.15) is 0 Å². The number of hydrazine groups is 1. The van der Waals surface area contributed by atoms with E-state index in [4.69, 9.17) is 5.84 Å². The average molecular weight is 222 g/mol. The maximum absolute atomic E-state index is 5.47. The highest BCUT2D eigenvalue weighted by molar-refractivity contribution is 14.1. The van der Waals surface area contributed by atoms with Crippen molar-refractivity contribution in [1.29, 1.82) is 0 Å². The fourth-order valence-corrected chi connectivity index (χ4v) is 0.912. The van der Waals surface area contributed by atoms with Gasteiger partial charge in [0.05, 0.1) is 0 Å². The zero-order valence-electron chi connectivity index (χ0n) is 4.29. The Bertz CT molecular complexity index is 114. The van der Waals surface area contributed by atoms with E-state index in [9.17, 15) is 0 Å². The Morgan fingerprint density at radius 2 is 2.25 bits per heavy atom. The molecule has 0 fully saturated rings. The molecule has 1 aliphatic rings. The number of hydrogen-bond donors (Lipinski definition) is 1. The van der Waals surface area contributed by atoms with Crippen LogP contribution in [0.4, 0.5) is 0 Å². The molecule has 0 spiro atoms. The lowest BCUT2D eigenvalue weighted by Crippen LogP contribution is -2.31. The predicted octanol–water partition coefficient (Wildman–Crippen LogP) is 1.01. The molecule has 1 atom stereocenters. The summed E-state index contributed by atoms with van der Waals surface area (Å²) in [6, 6.07) is 0. The number of nitrogens with two attached hydrogens (primary N) is 1. The number of halogens is 1. The molecule has 2 nitrogen and oxygen atoms in total. The van der Waals surface area contributed by atoms with Crippen LogP contribution >= 0.6 is 22.6 Å². The largest absolute Gasteiger partial charge is 0.302 e. The van der Waals surface area contributed by atoms with Crippen LogP contribution in [-0.2, 0) is 0 Å². The van der Waals surface area contributed by atoms with Gasteiger partial charge in [0.15, 0.2) is 0 Å². The lowest BCUT2D eigenvalue weighted by Gasteiger charge is -2.19. The first-order valence-corrected chi connectivity index (χ1v) is 3.57. The van der Waals surface area contributed by atoms with Crippen LogP contribution in [0.3, 0.4) is 0 Å². The van der Waals surface area contributed by atoms with Crippen molar-refractivity contribution in [3.63, 3.8) is 0 Å². The zero-order valence-corrected chi connectivity index (χ0v) is 6.45. The van der Waals surface area contributed by atoms with Crippen molar-refractivity contribution in [3.05, 3.63) is 24.4 Å². The molecule has 0 bridgehead atoms. The van der Waals surface area contributed by atoms with Gasteiger partial charge in [-0.25, -0.2) is 5.84 Å². The van der Waals surface area contributed by atoms with Gasteiger partial charge in [0.25, 0.3) is 0 Å². The van der Waals surface area contributed by atoms with Crippen LogP contribution in [-0.4, -0.2) is 9.06 Å². The van der Waals surface area contributed by atoms with Gasteiger partial charge in [0, 0.05) is 6.20 Å². The van der Waals surface area contributed by atoms with Crippen molar-refractivity contribution in [2.75, 3.05) is 0 Å². The van der Waals surface area contributed by atoms with Crippen molar-refractivity contribution < 1.29 is 0 Å². The Kier molecular flexibility index (Phi) is 1.90. The van der Waals surface area contributed by atoms with Crippen LogP contribution in [0.25, 0.3) is 0 Å². The quantitative estimate of drug-likeness (QED) is 0.287. The van der Waals surface area contributed by atoms with Crippen LogP contribution < -0.4 is 5.84 Å². The number of allylic oxidation sites excluding steroid dienone is 2. The average Bonchev–Trinajstić information content (AvgIpc) is 1.77. The second-order valence-electron chi connectivity index (χ2n) is 1.55. The second kappa shape index (κ2) is 2.50. The molecule has 3 heteroatoms. The number of alkyl halides is 1. The molecule has 0 radical (unpaired) electrons. The summed E-state index contributed by atoms with van der Waals surface area (Å²) < 4.78 is 0.317. The summed E-state index contributed by atoms with van der Waals surface area (Å²) in [5.41, 5.74) is 0. The molecule has 1 rings (SSSR count). The lowest BCUT2D eigenvalue weighted by molar-refractivity contribution is 0.419. The Labute approximate surface area is 62.1 Å². The van der Waals surface area contributed by atoms with Crippen molar-refractivity contribution in [1.82, 2.24) is 5.01 Å². The highest BCUT2D eigenvalue weighted by atomic mass is 127. The molecule has 0 aromatic rings. The molecule has 0 saturated carbocycles. The van der Waals surface area contributed by atoms with Gasteiger partial charge < -0.3 is 5.01 Å². The summed E-state index contributed by atoms with van der Waals surface area (Å²) in [5, 5.41) is 1.65. The molecule has 2 N–H and O–H groups in total. The maximum atomic E-state index is 5.47. The second-order valence-corrected chi connectivity index (χ2v) is 2.82. The van der Waals surface area contributed by atoms with E-state index in [1.807, 2.05) is 24.4 Å². The van der Waals surface area contributed by atoms with E-state index >= 15 is 0 Å². The van der Waals surface area contributed by atoms with Crippen LogP contribution in [0.5, 0.6) is 0 Å². The minimum Gasteiger partial charge on any atom is -0.302 e. The fourth-order valence-electron chi connectivity index (χ4n) is 0.487. The number of hydrogen-bond acceptors (Lipinski definition) is 2. The molecular formula is C5H7IN2. The van der Waals surface area contributed by atoms with Crippen LogP contribution in [0.15, 0.2) is 24.4 Å². The Morgan fingerprint density at radius 3 is 2.62 bits per heavy atom. The molecule has 0 aliphatic carbocycles. The Hall–Kier alpha value is -0.0300. The first-order valence-electron chi connectivity index (χ1n) is 2.33. The predicted molar refractivity (Wildman–Crippen MR) is 42.1 cm³/mol. The molecule has 1 unspecified atom stereocenters. The van der Waals surface area contributed by atoms with Gasteiger partial charge in [0.2, 0.25) is 0 Å². The third-order valence-corrected chi connectivity index (χ3v) is 1.98. The first-order chi connectivity index (χ1) is 3.80. The first kappa shape index (κ1) is 6.10. The molecule has 0 aromatic heterocycles. The molecular weight excluding hydrogens is 215 g/mol. The topological polar surface area (TPSA) is 29.3 Å². The maximum Gasteiger partial charge on any atom is 0.114 e. The third-order valence-electron chi connectivity index (χ3n) is 0.924. The van der Waals surface area contributed by atoms with E-state index in [1.165, 1.54) is 0 Å². The molecule has 1 aliphatic heterocycles. The van der Waals surface area contributed by atoms with E-state index < -0.39 is 0 Å². The number of nitrogens with zero attached hydrogens (tertiary/aromatic N) is 1. The SMILES string of the molecule is NN1C=CC=CC1I. The standard InChI is InChI=1S/C5H7IN2/c6-5-3-1-2-4-8(5)7/h1-5H,7H2. The molecule has 44 valence electrons. The summed E-state index contributed by atoms with van der Waals surface area (Å²) in [6.07, 6.45) is 7.77. The van der Waals surface area contributed by atoms with Gasteiger partial charge in [0.1, 0.15) is 4.05 Å². The molecule has 0 saturated heterocycles. The highest BCUT2D eigenvalue weighted by Gasteiger charge is 2.03. The highest BCUT2D eigenvalue weighted by Crippen LogP contribution is 2.09. The summed E-state index contributed by atoms with van der Waals surface area (Å²) in [7, 11) is 0. The van der Waals surface area contributed by atoms with Crippen LogP contribution in [0.2, 0.25) is 0 Å². The van der Waals surface area contributed by atoms with Gasteiger partial charge in [-0.15, -0.1) is 0 Å². The third kappa shape index (κ3) is 1.23. The van der Waals surface area contributed by atoms with Crippen molar-refractivity contribution >= 4 is 22.6 Å². The smallest absolute Gasteiger partial charge is 0.114 e. The van der Waals surface area contributed by atoms with Gasteiger partial charge in [-0.05, 0) is 6.08 Å². The molecule has 0 aromatic carbocycles. The molecule has 1 heterocycles. The number of rotatable bonds is 0. The Balaban J connectivity index is 2.59. The zero-order chi connectivity index (χ0) is 5.98. The summed E-state index contributed by atoms with van der Waals surface area (Å²) in [5.74, 6) is 5.47. The normalized spacial score (nSPS) is 26.8. The van der Waals surface area contributed by atoms with Crippen LogP contribution in [0.1, 0.15) is 0 Å².